The zero-order chi connectivity index (χ0) is 20.1. The first kappa shape index (κ1) is 20.0. The molecule has 1 heterocycles. The number of rotatable bonds is 6. The standard InChI is InChI=1S/C21H18Cl2N2O3/c1-2-5-19(26)24-13-6-3-7-14(12-13)25-21(27)18-11-10-17(28-18)15-8-4-9-16(22)20(15)23/h3-4,6-12H,2,5H2,1H3,(H,24,26)(H,25,27). The molecule has 0 aliphatic heterocycles. The highest BCUT2D eigenvalue weighted by atomic mass is 35.5. The lowest BCUT2D eigenvalue weighted by molar-refractivity contribution is -0.116. The lowest BCUT2D eigenvalue weighted by Gasteiger charge is -2.08. The monoisotopic (exact) mass is 416 g/mol. The van der Waals surface area contributed by atoms with Crippen LogP contribution in [0.25, 0.3) is 11.3 Å². The summed E-state index contributed by atoms with van der Waals surface area (Å²) in [5.41, 5.74) is 1.76. The summed E-state index contributed by atoms with van der Waals surface area (Å²) in [7, 11) is 0. The van der Waals surface area contributed by atoms with Crippen molar-refractivity contribution in [3.8, 4) is 11.3 Å². The number of carbonyl (C=O) groups excluding carboxylic acids is 2. The fourth-order valence-corrected chi connectivity index (χ4v) is 3.01. The van der Waals surface area contributed by atoms with Gasteiger partial charge in [0.15, 0.2) is 5.76 Å². The van der Waals surface area contributed by atoms with Crippen molar-refractivity contribution in [3.63, 3.8) is 0 Å². The maximum absolute atomic E-state index is 12.5. The number of hydrogen-bond donors (Lipinski definition) is 2. The third-order valence-corrected chi connectivity index (χ3v) is 4.75. The van der Waals surface area contributed by atoms with E-state index >= 15 is 0 Å². The lowest BCUT2D eigenvalue weighted by Crippen LogP contribution is -2.13. The number of carbonyl (C=O) groups is 2. The summed E-state index contributed by atoms with van der Waals surface area (Å²) in [5.74, 6) is 0.0891. The number of nitrogens with one attached hydrogen (secondary N) is 2. The Bertz CT molecular complexity index is 1010. The summed E-state index contributed by atoms with van der Waals surface area (Å²) in [6.07, 6.45) is 1.21. The normalized spacial score (nSPS) is 10.5. The van der Waals surface area contributed by atoms with Crippen molar-refractivity contribution in [1.29, 1.82) is 0 Å². The summed E-state index contributed by atoms with van der Waals surface area (Å²) in [5, 5.41) is 6.31. The van der Waals surface area contributed by atoms with Crippen molar-refractivity contribution in [2.75, 3.05) is 10.6 Å². The van der Waals surface area contributed by atoms with E-state index < -0.39 is 5.91 Å². The summed E-state index contributed by atoms with van der Waals surface area (Å²) in [6.45, 7) is 1.93. The van der Waals surface area contributed by atoms with Gasteiger partial charge in [0.25, 0.3) is 5.91 Å². The Balaban J connectivity index is 1.73. The van der Waals surface area contributed by atoms with Crippen LogP contribution in [0.4, 0.5) is 11.4 Å². The average molecular weight is 417 g/mol. The number of hydrogen-bond acceptors (Lipinski definition) is 3. The second-order valence-electron chi connectivity index (χ2n) is 6.10. The first-order chi connectivity index (χ1) is 13.5. The van der Waals surface area contributed by atoms with Crippen LogP contribution in [0.1, 0.15) is 30.3 Å². The molecule has 7 heteroatoms. The predicted octanol–water partition coefficient (Wildman–Crippen LogP) is 6.24. The maximum Gasteiger partial charge on any atom is 0.291 e. The Morgan fingerprint density at radius 2 is 1.68 bits per heavy atom. The molecule has 0 fully saturated rings. The SMILES string of the molecule is CCCC(=O)Nc1cccc(NC(=O)c2ccc(-c3cccc(Cl)c3Cl)o2)c1. The Kier molecular flexibility index (Phi) is 6.39. The molecule has 2 amide bonds. The minimum atomic E-state index is -0.415. The molecule has 28 heavy (non-hydrogen) atoms. The van der Waals surface area contributed by atoms with Crippen LogP contribution in [-0.4, -0.2) is 11.8 Å². The van der Waals surface area contributed by atoms with E-state index in [0.29, 0.717) is 39.2 Å². The summed E-state index contributed by atoms with van der Waals surface area (Å²) < 4.78 is 5.64. The smallest absolute Gasteiger partial charge is 0.291 e. The van der Waals surface area contributed by atoms with Crippen LogP contribution < -0.4 is 10.6 Å². The zero-order valence-electron chi connectivity index (χ0n) is 15.1. The molecule has 3 rings (SSSR count). The Morgan fingerprint density at radius 3 is 2.43 bits per heavy atom. The van der Waals surface area contributed by atoms with E-state index in [4.69, 9.17) is 27.6 Å². The summed E-state index contributed by atoms with van der Waals surface area (Å²) in [6, 6.07) is 15.3. The van der Waals surface area contributed by atoms with Crippen LogP contribution >= 0.6 is 23.2 Å². The number of furan rings is 1. The highest BCUT2D eigenvalue weighted by Crippen LogP contribution is 2.34. The van der Waals surface area contributed by atoms with Crippen LogP contribution in [0.15, 0.2) is 59.0 Å². The average Bonchev–Trinajstić information content (AvgIpc) is 3.14. The highest BCUT2D eigenvalue weighted by molar-refractivity contribution is 6.43. The number of anilines is 2. The topological polar surface area (TPSA) is 71.3 Å². The van der Waals surface area contributed by atoms with Gasteiger partial charge in [0.2, 0.25) is 5.91 Å². The Hall–Kier alpha value is -2.76. The van der Waals surface area contributed by atoms with Gasteiger partial charge in [-0.3, -0.25) is 9.59 Å². The molecule has 0 saturated carbocycles. The van der Waals surface area contributed by atoms with Gasteiger partial charge in [-0.05, 0) is 48.9 Å². The minimum absolute atomic E-state index is 0.0694. The third-order valence-electron chi connectivity index (χ3n) is 3.93. The molecular formula is C21H18Cl2N2O3. The van der Waals surface area contributed by atoms with Crippen molar-refractivity contribution in [2.45, 2.75) is 19.8 Å². The van der Waals surface area contributed by atoms with E-state index in [-0.39, 0.29) is 11.7 Å². The fraction of sp³-hybridized carbons (Fsp3) is 0.143. The van der Waals surface area contributed by atoms with E-state index in [0.717, 1.165) is 6.42 Å². The number of amides is 2. The Labute approximate surface area is 172 Å². The molecule has 0 aliphatic rings. The molecule has 144 valence electrons. The van der Waals surface area contributed by atoms with Crippen LogP contribution in [-0.2, 0) is 4.79 Å². The largest absolute Gasteiger partial charge is 0.451 e. The predicted molar refractivity (Wildman–Crippen MR) is 112 cm³/mol. The van der Waals surface area contributed by atoms with E-state index in [1.807, 2.05) is 6.92 Å². The first-order valence-electron chi connectivity index (χ1n) is 8.73. The summed E-state index contributed by atoms with van der Waals surface area (Å²) >= 11 is 12.2. The zero-order valence-corrected chi connectivity index (χ0v) is 16.6. The van der Waals surface area contributed by atoms with Crippen molar-refractivity contribution in [2.24, 2.45) is 0 Å². The van der Waals surface area contributed by atoms with Gasteiger partial charge < -0.3 is 15.1 Å². The van der Waals surface area contributed by atoms with Crippen molar-refractivity contribution in [3.05, 3.63) is 70.4 Å². The molecule has 0 aliphatic carbocycles. The second-order valence-corrected chi connectivity index (χ2v) is 6.88. The maximum atomic E-state index is 12.5. The van der Waals surface area contributed by atoms with E-state index in [1.165, 1.54) is 0 Å². The second kappa shape index (κ2) is 8.95. The van der Waals surface area contributed by atoms with Crippen molar-refractivity contribution >= 4 is 46.4 Å². The van der Waals surface area contributed by atoms with Crippen LogP contribution in [0.3, 0.4) is 0 Å². The van der Waals surface area contributed by atoms with Gasteiger partial charge >= 0.3 is 0 Å². The molecule has 0 saturated heterocycles. The number of halogens is 2. The van der Waals surface area contributed by atoms with E-state index in [9.17, 15) is 9.59 Å². The molecule has 2 aromatic carbocycles. The molecule has 0 unspecified atom stereocenters. The van der Waals surface area contributed by atoms with Gasteiger partial charge in [0, 0.05) is 23.4 Å². The van der Waals surface area contributed by atoms with Crippen molar-refractivity contribution < 1.29 is 14.0 Å². The highest BCUT2D eigenvalue weighted by Gasteiger charge is 2.15. The lowest BCUT2D eigenvalue weighted by atomic mass is 10.2. The van der Waals surface area contributed by atoms with Gasteiger partial charge in [-0.2, -0.15) is 0 Å². The molecule has 3 aromatic rings. The minimum Gasteiger partial charge on any atom is -0.451 e. The van der Waals surface area contributed by atoms with Gasteiger partial charge in [-0.25, -0.2) is 0 Å². The molecule has 1 aromatic heterocycles. The van der Waals surface area contributed by atoms with Crippen LogP contribution in [0, 0.1) is 0 Å². The quantitative estimate of drug-likeness (QED) is 0.498. The van der Waals surface area contributed by atoms with Gasteiger partial charge in [-0.15, -0.1) is 0 Å². The number of benzene rings is 2. The Morgan fingerprint density at radius 1 is 0.964 bits per heavy atom. The van der Waals surface area contributed by atoms with Crippen LogP contribution in [0.2, 0.25) is 10.0 Å². The molecule has 0 bridgehead atoms. The van der Waals surface area contributed by atoms with E-state index in [2.05, 4.69) is 10.6 Å². The molecule has 2 N–H and O–H groups in total. The first-order valence-corrected chi connectivity index (χ1v) is 9.49. The van der Waals surface area contributed by atoms with Gasteiger partial charge in [-0.1, -0.05) is 42.3 Å². The van der Waals surface area contributed by atoms with Crippen molar-refractivity contribution in [1.82, 2.24) is 0 Å². The fourth-order valence-electron chi connectivity index (χ4n) is 2.62. The molecule has 0 radical (unpaired) electrons. The molecule has 5 nitrogen and oxygen atoms in total. The molecule has 0 atom stereocenters. The molecule has 0 spiro atoms. The molecular weight excluding hydrogens is 399 g/mol. The summed E-state index contributed by atoms with van der Waals surface area (Å²) in [4.78, 5) is 24.2. The van der Waals surface area contributed by atoms with Gasteiger partial charge in [0.1, 0.15) is 5.76 Å². The third kappa shape index (κ3) is 4.74. The van der Waals surface area contributed by atoms with Gasteiger partial charge in [0.05, 0.1) is 10.0 Å². The van der Waals surface area contributed by atoms with Crippen LogP contribution in [0.5, 0.6) is 0 Å². The van der Waals surface area contributed by atoms with E-state index in [1.54, 1.807) is 54.6 Å².